The first-order valence-corrected chi connectivity index (χ1v) is 10.9. The summed E-state index contributed by atoms with van der Waals surface area (Å²) < 4.78 is 1.96. The summed E-state index contributed by atoms with van der Waals surface area (Å²) in [7, 11) is 2.16. The highest BCUT2D eigenvalue weighted by Gasteiger charge is 2.17. The second-order valence-electron chi connectivity index (χ2n) is 8.01. The van der Waals surface area contributed by atoms with Gasteiger partial charge >= 0.3 is 0 Å². The van der Waals surface area contributed by atoms with Crippen molar-refractivity contribution in [1.29, 1.82) is 0 Å². The molecule has 0 spiro atoms. The van der Waals surface area contributed by atoms with Gasteiger partial charge in [0.05, 0.1) is 6.61 Å². The van der Waals surface area contributed by atoms with E-state index in [-0.39, 0.29) is 6.61 Å². The van der Waals surface area contributed by atoms with Gasteiger partial charge in [-0.1, -0.05) is 18.2 Å². The van der Waals surface area contributed by atoms with Crippen LogP contribution in [0, 0.1) is 0 Å². The third-order valence-corrected chi connectivity index (χ3v) is 5.83. The van der Waals surface area contributed by atoms with Crippen LogP contribution in [-0.2, 0) is 0 Å². The van der Waals surface area contributed by atoms with E-state index >= 15 is 0 Å². The fourth-order valence-corrected chi connectivity index (χ4v) is 3.99. The summed E-state index contributed by atoms with van der Waals surface area (Å²) >= 11 is 0. The molecule has 3 heterocycles. The lowest BCUT2D eigenvalue weighted by Gasteiger charge is -2.34. The first kappa shape index (κ1) is 20.4. The molecule has 2 aromatic heterocycles. The highest BCUT2D eigenvalue weighted by molar-refractivity contribution is 5.86. The minimum Gasteiger partial charge on any atom is -0.395 e. The largest absolute Gasteiger partial charge is 0.395 e. The minimum absolute atomic E-state index is 0.0138. The van der Waals surface area contributed by atoms with Crippen molar-refractivity contribution in [1.82, 2.24) is 24.4 Å². The first-order chi connectivity index (χ1) is 15.7. The smallest absolute Gasteiger partial charge is 0.170 e. The molecule has 164 valence electrons. The maximum absolute atomic E-state index is 9.30. The lowest BCUT2D eigenvalue weighted by atomic mass is 10.1. The molecule has 8 nitrogen and oxygen atoms in total. The normalized spacial score (nSPS) is 14.8. The van der Waals surface area contributed by atoms with Crippen LogP contribution in [0.15, 0.2) is 60.9 Å². The molecular formula is C24H27N7O. The number of imidazole rings is 1. The summed E-state index contributed by atoms with van der Waals surface area (Å²) in [5, 5.41) is 12.5. The Bertz CT molecular complexity index is 1180. The zero-order valence-corrected chi connectivity index (χ0v) is 18.1. The van der Waals surface area contributed by atoms with Crippen LogP contribution in [0.3, 0.4) is 0 Å². The van der Waals surface area contributed by atoms with Gasteiger partial charge < -0.3 is 20.2 Å². The Morgan fingerprint density at radius 3 is 2.38 bits per heavy atom. The topological polar surface area (TPSA) is 82.3 Å². The number of aliphatic hydroxyl groups is 1. The van der Waals surface area contributed by atoms with E-state index in [1.165, 1.54) is 5.69 Å². The van der Waals surface area contributed by atoms with Gasteiger partial charge in [-0.3, -0.25) is 4.57 Å². The van der Waals surface area contributed by atoms with E-state index in [2.05, 4.69) is 51.4 Å². The Morgan fingerprint density at radius 2 is 1.66 bits per heavy atom. The molecule has 8 heteroatoms. The monoisotopic (exact) mass is 429 g/mol. The molecule has 5 rings (SSSR count). The summed E-state index contributed by atoms with van der Waals surface area (Å²) in [6.45, 7) is 4.62. The Hall–Kier alpha value is -3.49. The number of piperazine rings is 1. The maximum Gasteiger partial charge on any atom is 0.170 e. The number of fused-ring (bicyclic) bond motifs is 1. The van der Waals surface area contributed by atoms with E-state index in [0.29, 0.717) is 23.7 Å². The Morgan fingerprint density at radius 1 is 0.906 bits per heavy atom. The molecule has 1 fully saturated rings. The second kappa shape index (κ2) is 8.94. The van der Waals surface area contributed by atoms with Gasteiger partial charge in [0.15, 0.2) is 22.8 Å². The van der Waals surface area contributed by atoms with Crippen LogP contribution in [0.2, 0.25) is 0 Å². The molecule has 2 N–H and O–H groups in total. The van der Waals surface area contributed by atoms with Gasteiger partial charge in [0.25, 0.3) is 0 Å². The summed E-state index contributed by atoms with van der Waals surface area (Å²) in [6, 6.07) is 18.5. The van der Waals surface area contributed by atoms with Crippen LogP contribution in [0.5, 0.6) is 0 Å². The Kier molecular flexibility index (Phi) is 5.70. The molecule has 1 saturated heterocycles. The summed E-state index contributed by atoms with van der Waals surface area (Å²) in [6.07, 6.45) is 1.76. The van der Waals surface area contributed by atoms with Gasteiger partial charge in [-0.05, 0) is 43.4 Å². The Balaban J connectivity index is 1.53. The lowest BCUT2D eigenvalue weighted by Crippen LogP contribution is -2.44. The van der Waals surface area contributed by atoms with E-state index in [9.17, 15) is 5.11 Å². The van der Waals surface area contributed by atoms with E-state index < -0.39 is 0 Å². The number of para-hydroxylation sites is 1. The summed E-state index contributed by atoms with van der Waals surface area (Å²) in [5.74, 6) is 1.25. The standard InChI is InChI=1S/C24H27N7O/c1-29-12-14-30(15-13-29)19-9-7-18(8-10-19)22-27-23(25-11-16-32)21-24(28-22)31(17-26-21)20-5-3-2-4-6-20/h2-10,17,32H,11-16H2,1H3,(H,25,27,28). The van der Waals surface area contributed by atoms with Crippen LogP contribution in [0.1, 0.15) is 0 Å². The van der Waals surface area contributed by atoms with Gasteiger partial charge in [-0.2, -0.15) is 0 Å². The number of anilines is 2. The minimum atomic E-state index is 0.0138. The van der Waals surface area contributed by atoms with Gasteiger partial charge in [-0.25, -0.2) is 15.0 Å². The van der Waals surface area contributed by atoms with Gasteiger partial charge in [0.2, 0.25) is 0 Å². The van der Waals surface area contributed by atoms with Gasteiger partial charge in [-0.15, -0.1) is 0 Å². The number of hydrogen-bond donors (Lipinski definition) is 2. The van der Waals surface area contributed by atoms with Crippen LogP contribution >= 0.6 is 0 Å². The Labute approximate surface area is 187 Å². The third kappa shape index (κ3) is 4.02. The number of likely N-dealkylation sites (N-methyl/N-ethyl adjacent to an activating group) is 1. The molecule has 32 heavy (non-hydrogen) atoms. The summed E-state index contributed by atoms with van der Waals surface area (Å²) in [4.78, 5) is 18.9. The fourth-order valence-electron chi connectivity index (χ4n) is 3.99. The highest BCUT2D eigenvalue weighted by Crippen LogP contribution is 2.27. The zero-order valence-electron chi connectivity index (χ0n) is 18.1. The van der Waals surface area contributed by atoms with E-state index in [1.807, 2.05) is 34.9 Å². The number of nitrogens with one attached hydrogen (secondary N) is 1. The average Bonchev–Trinajstić information content (AvgIpc) is 3.28. The molecule has 0 aliphatic carbocycles. The predicted octanol–water partition coefficient (Wildman–Crippen LogP) is 2.64. The van der Waals surface area contributed by atoms with Crippen molar-refractivity contribution in [2.24, 2.45) is 0 Å². The zero-order chi connectivity index (χ0) is 21.9. The quantitative estimate of drug-likeness (QED) is 0.488. The van der Waals surface area contributed by atoms with E-state index in [1.54, 1.807) is 6.33 Å². The van der Waals surface area contributed by atoms with Crippen molar-refractivity contribution in [2.75, 3.05) is 56.6 Å². The molecule has 0 radical (unpaired) electrons. The summed E-state index contributed by atoms with van der Waals surface area (Å²) in [5.41, 5.74) is 4.55. The van der Waals surface area contributed by atoms with Crippen LogP contribution < -0.4 is 10.2 Å². The molecule has 1 aliphatic heterocycles. The molecule has 0 amide bonds. The maximum atomic E-state index is 9.30. The number of rotatable bonds is 6. The average molecular weight is 430 g/mol. The first-order valence-electron chi connectivity index (χ1n) is 10.9. The molecule has 0 saturated carbocycles. The molecule has 0 atom stereocenters. The van der Waals surface area contributed by atoms with E-state index in [4.69, 9.17) is 9.97 Å². The lowest BCUT2D eigenvalue weighted by molar-refractivity contribution is 0.311. The van der Waals surface area contributed by atoms with Gasteiger partial charge in [0.1, 0.15) is 6.33 Å². The van der Waals surface area contributed by atoms with Crippen molar-refractivity contribution < 1.29 is 5.11 Å². The highest BCUT2D eigenvalue weighted by atomic mass is 16.3. The number of hydrogen-bond acceptors (Lipinski definition) is 7. The van der Waals surface area contributed by atoms with E-state index in [0.717, 1.165) is 43.1 Å². The van der Waals surface area contributed by atoms with Crippen molar-refractivity contribution in [2.45, 2.75) is 0 Å². The number of aromatic nitrogens is 4. The molecule has 4 aromatic rings. The number of benzene rings is 2. The third-order valence-electron chi connectivity index (χ3n) is 5.83. The molecule has 2 aromatic carbocycles. The fraction of sp³-hybridized carbons (Fsp3) is 0.292. The second-order valence-corrected chi connectivity index (χ2v) is 8.01. The number of aliphatic hydroxyl groups excluding tert-OH is 1. The van der Waals surface area contributed by atoms with Crippen molar-refractivity contribution in [3.63, 3.8) is 0 Å². The van der Waals surface area contributed by atoms with Crippen molar-refractivity contribution in [3.8, 4) is 17.1 Å². The molecule has 0 unspecified atom stereocenters. The van der Waals surface area contributed by atoms with Crippen molar-refractivity contribution >= 4 is 22.7 Å². The number of nitrogens with zero attached hydrogens (tertiary/aromatic N) is 6. The van der Waals surface area contributed by atoms with Crippen LogP contribution in [-0.4, -0.2) is 75.9 Å². The van der Waals surface area contributed by atoms with Crippen LogP contribution in [0.4, 0.5) is 11.5 Å². The van der Waals surface area contributed by atoms with Crippen LogP contribution in [0.25, 0.3) is 28.2 Å². The SMILES string of the molecule is CN1CCN(c2ccc(-c3nc(NCCO)c4ncn(-c5ccccc5)c4n3)cc2)CC1. The molecule has 0 bridgehead atoms. The molecule has 1 aliphatic rings. The van der Waals surface area contributed by atoms with Gasteiger partial charge in [0, 0.05) is 49.7 Å². The van der Waals surface area contributed by atoms with Crippen molar-refractivity contribution in [3.05, 3.63) is 60.9 Å². The molecular weight excluding hydrogens is 402 g/mol. The predicted molar refractivity (Wildman–Crippen MR) is 127 cm³/mol.